The molecule has 0 fully saturated rings. The molecule has 2 nitrogen and oxygen atoms in total. The van der Waals surface area contributed by atoms with E-state index in [1.54, 1.807) is 5.70 Å². The predicted molar refractivity (Wildman–Crippen MR) is 76.0 cm³/mol. The Morgan fingerprint density at radius 1 is 0.833 bits per heavy atom. The normalized spacial score (nSPS) is 10.7. The Kier molecular flexibility index (Phi) is 3.84. The maximum Gasteiger partial charge on any atom is 0.484 e. The van der Waals surface area contributed by atoms with Crippen molar-refractivity contribution in [3.8, 4) is 11.5 Å². The summed E-state index contributed by atoms with van der Waals surface area (Å²) in [7, 11) is -2.44. The zero-order chi connectivity index (χ0) is 12.8. The molecule has 0 aliphatic rings. The lowest BCUT2D eigenvalue weighted by Crippen LogP contribution is -2.43. The van der Waals surface area contributed by atoms with Crippen LogP contribution in [0, 0.1) is 0 Å². The molecule has 0 spiro atoms. The second-order valence-electron chi connectivity index (χ2n) is 4.05. The van der Waals surface area contributed by atoms with E-state index < -0.39 is 8.56 Å². The Hall–Kier alpha value is -2.00. The first-order chi connectivity index (χ1) is 8.72. The van der Waals surface area contributed by atoms with Gasteiger partial charge >= 0.3 is 8.56 Å². The van der Waals surface area contributed by atoms with Crippen molar-refractivity contribution in [2.75, 3.05) is 0 Å². The number of rotatable bonds is 5. The summed E-state index contributed by atoms with van der Waals surface area (Å²) < 4.78 is 11.9. The molecule has 0 aliphatic carbocycles. The summed E-state index contributed by atoms with van der Waals surface area (Å²) in [5.74, 6) is 1.62. The third kappa shape index (κ3) is 3.24. The van der Waals surface area contributed by atoms with Crippen molar-refractivity contribution in [1.82, 2.24) is 0 Å². The van der Waals surface area contributed by atoms with E-state index >= 15 is 0 Å². The molecule has 18 heavy (non-hydrogen) atoms. The third-order valence-corrected chi connectivity index (χ3v) is 4.52. The number of hydrogen-bond acceptors (Lipinski definition) is 2. The Morgan fingerprint density at radius 2 is 1.22 bits per heavy atom. The highest BCUT2D eigenvalue weighted by atomic mass is 28.4. The van der Waals surface area contributed by atoms with Gasteiger partial charge in [0.15, 0.2) is 0 Å². The molecule has 0 aliphatic heterocycles. The van der Waals surface area contributed by atoms with Crippen LogP contribution in [0.3, 0.4) is 0 Å². The van der Waals surface area contributed by atoms with Gasteiger partial charge in [0.25, 0.3) is 0 Å². The molecule has 0 saturated heterocycles. The average Bonchev–Trinajstić information content (AvgIpc) is 2.41. The smallest absolute Gasteiger partial charge is 0.484 e. The van der Waals surface area contributed by atoms with Crippen molar-refractivity contribution in [2.24, 2.45) is 0 Å². The molecule has 92 valence electrons. The first kappa shape index (κ1) is 12.5. The van der Waals surface area contributed by atoms with Crippen LogP contribution in [0.4, 0.5) is 0 Å². The molecule has 0 aromatic heterocycles. The highest BCUT2D eigenvalue weighted by molar-refractivity contribution is 6.72. The van der Waals surface area contributed by atoms with E-state index in [-0.39, 0.29) is 0 Å². The van der Waals surface area contributed by atoms with Crippen LogP contribution >= 0.6 is 0 Å². The van der Waals surface area contributed by atoms with Gasteiger partial charge in [0.1, 0.15) is 11.5 Å². The maximum absolute atomic E-state index is 5.95. The van der Waals surface area contributed by atoms with Crippen LogP contribution in [0.25, 0.3) is 0 Å². The number of para-hydroxylation sites is 2. The summed E-state index contributed by atoms with van der Waals surface area (Å²) >= 11 is 0. The van der Waals surface area contributed by atoms with Crippen molar-refractivity contribution in [3.05, 3.63) is 72.9 Å². The molecule has 0 amide bonds. The quantitative estimate of drug-likeness (QED) is 0.754. The fourth-order valence-electron chi connectivity index (χ4n) is 1.55. The fourth-order valence-corrected chi connectivity index (χ4v) is 2.97. The van der Waals surface area contributed by atoms with E-state index in [0.29, 0.717) is 0 Å². The Bertz CT molecular complexity index is 455. The van der Waals surface area contributed by atoms with Crippen LogP contribution in [0.1, 0.15) is 0 Å². The van der Waals surface area contributed by atoms with Crippen molar-refractivity contribution < 1.29 is 8.85 Å². The predicted octanol–water partition coefficient (Wildman–Crippen LogP) is 3.94. The zero-order valence-corrected chi connectivity index (χ0v) is 11.4. The molecule has 0 saturated carbocycles. The van der Waals surface area contributed by atoms with Crippen molar-refractivity contribution >= 4 is 8.56 Å². The molecule has 3 heteroatoms. The van der Waals surface area contributed by atoms with Crippen LogP contribution in [-0.2, 0) is 0 Å². The van der Waals surface area contributed by atoms with Gasteiger partial charge in [-0.15, -0.1) is 6.58 Å². The summed E-state index contributed by atoms with van der Waals surface area (Å²) in [5, 5.41) is 0. The van der Waals surface area contributed by atoms with E-state index in [4.69, 9.17) is 8.85 Å². The summed E-state index contributed by atoms with van der Waals surface area (Å²) in [6.07, 6.45) is 0. The molecule has 0 bridgehead atoms. The Morgan fingerprint density at radius 3 is 1.56 bits per heavy atom. The van der Waals surface area contributed by atoms with Crippen LogP contribution < -0.4 is 8.85 Å². The highest BCUT2D eigenvalue weighted by Crippen LogP contribution is 2.20. The standard InChI is InChI=1S/C15H16O2Si/c1-3-18(2,16-14-10-6-4-7-11-14)17-15-12-8-5-9-13-15/h3-13H,1H2,2H3. The molecule has 2 rings (SSSR count). The minimum absolute atomic E-state index is 0.808. The van der Waals surface area contributed by atoms with E-state index in [1.807, 2.05) is 67.2 Å². The Labute approximate surface area is 109 Å². The van der Waals surface area contributed by atoms with Gasteiger partial charge in [-0.1, -0.05) is 36.4 Å². The van der Waals surface area contributed by atoms with Crippen molar-refractivity contribution in [3.63, 3.8) is 0 Å². The van der Waals surface area contributed by atoms with Crippen LogP contribution in [-0.4, -0.2) is 8.56 Å². The summed E-state index contributed by atoms with van der Waals surface area (Å²) in [6, 6.07) is 19.4. The van der Waals surface area contributed by atoms with Gasteiger partial charge in [-0.25, -0.2) is 0 Å². The largest absolute Gasteiger partial charge is 0.509 e. The van der Waals surface area contributed by atoms with Gasteiger partial charge in [0.2, 0.25) is 0 Å². The molecule has 0 radical (unpaired) electrons. The van der Waals surface area contributed by atoms with Gasteiger partial charge in [-0.3, -0.25) is 0 Å². The van der Waals surface area contributed by atoms with Crippen LogP contribution in [0.2, 0.25) is 6.55 Å². The second kappa shape index (κ2) is 5.56. The average molecular weight is 256 g/mol. The molecular weight excluding hydrogens is 240 g/mol. The van der Waals surface area contributed by atoms with Crippen LogP contribution in [0.5, 0.6) is 11.5 Å². The van der Waals surface area contributed by atoms with Gasteiger partial charge in [-0.05, 0) is 30.0 Å². The van der Waals surface area contributed by atoms with Gasteiger partial charge in [0, 0.05) is 6.55 Å². The molecule has 0 atom stereocenters. The summed E-state index contributed by atoms with van der Waals surface area (Å²) in [5.41, 5.74) is 1.78. The fraction of sp³-hybridized carbons (Fsp3) is 0.0667. The van der Waals surface area contributed by atoms with Gasteiger partial charge < -0.3 is 8.85 Å². The summed E-state index contributed by atoms with van der Waals surface area (Å²) in [6.45, 7) is 5.81. The monoisotopic (exact) mass is 256 g/mol. The SMILES string of the molecule is C=C[Si](C)(Oc1ccccc1)Oc1ccccc1. The molecule has 0 unspecified atom stereocenters. The topological polar surface area (TPSA) is 18.5 Å². The minimum atomic E-state index is -2.44. The van der Waals surface area contributed by atoms with Crippen molar-refractivity contribution in [1.29, 1.82) is 0 Å². The highest BCUT2D eigenvalue weighted by Gasteiger charge is 2.32. The summed E-state index contributed by atoms with van der Waals surface area (Å²) in [4.78, 5) is 0. The van der Waals surface area contributed by atoms with Crippen LogP contribution in [0.15, 0.2) is 72.9 Å². The van der Waals surface area contributed by atoms with Gasteiger partial charge in [0.05, 0.1) is 0 Å². The zero-order valence-electron chi connectivity index (χ0n) is 10.4. The Balaban J connectivity index is 2.13. The number of hydrogen-bond donors (Lipinski definition) is 0. The first-order valence-electron chi connectivity index (χ1n) is 5.83. The molecule has 2 aromatic rings. The molecular formula is C15H16O2Si. The molecule has 0 heterocycles. The molecule has 2 aromatic carbocycles. The lowest BCUT2D eigenvalue weighted by molar-refractivity contribution is 0.407. The second-order valence-corrected chi connectivity index (χ2v) is 6.90. The number of benzene rings is 2. The van der Waals surface area contributed by atoms with E-state index in [0.717, 1.165) is 11.5 Å². The first-order valence-corrected chi connectivity index (χ1v) is 8.23. The maximum atomic E-state index is 5.95. The van der Waals surface area contributed by atoms with E-state index in [1.165, 1.54) is 0 Å². The lowest BCUT2D eigenvalue weighted by atomic mass is 10.3. The van der Waals surface area contributed by atoms with Gasteiger partial charge in [-0.2, -0.15) is 0 Å². The lowest BCUT2D eigenvalue weighted by Gasteiger charge is -2.25. The third-order valence-electron chi connectivity index (χ3n) is 2.50. The molecule has 0 N–H and O–H groups in total. The van der Waals surface area contributed by atoms with E-state index in [2.05, 4.69) is 6.58 Å². The van der Waals surface area contributed by atoms with Crippen molar-refractivity contribution in [2.45, 2.75) is 6.55 Å². The minimum Gasteiger partial charge on any atom is -0.509 e. The van der Waals surface area contributed by atoms with E-state index in [9.17, 15) is 0 Å².